The van der Waals surface area contributed by atoms with Crippen LogP contribution in [0.1, 0.15) is 32.6 Å². The molecule has 0 amide bonds. The summed E-state index contributed by atoms with van der Waals surface area (Å²) in [4.78, 5) is 0. The molecule has 0 aliphatic heterocycles. The largest absolute Gasteiger partial charge is 0.493 e. The van der Waals surface area contributed by atoms with Crippen LogP contribution in [0, 0.1) is 17.8 Å². The Labute approximate surface area is 128 Å². The molecule has 1 saturated carbocycles. The van der Waals surface area contributed by atoms with Crippen LogP contribution in [0.15, 0.2) is 24.3 Å². The van der Waals surface area contributed by atoms with Gasteiger partial charge in [-0.1, -0.05) is 43.7 Å². The number of rotatable bonds is 5. The molecule has 2 rings (SSSR count). The summed E-state index contributed by atoms with van der Waals surface area (Å²) < 4.78 is 10.8. The van der Waals surface area contributed by atoms with Gasteiger partial charge >= 0.3 is 0 Å². The molecule has 0 saturated heterocycles. The molecule has 3 nitrogen and oxygen atoms in total. The zero-order valence-electron chi connectivity index (χ0n) is 13.0. The minimum atomic E-state index is 0.391. The molecular weight excluding hydrogens is 262 g/mol. The number of methoxy groups -OCH3 is 1. The molecule has 114 valence electrons. The second-order valence-corrected chi connectivity index (χ2v) is 5.54. The average Bonchev–Trinajstić information content (AvgIpc) is 2.52. The zero-order chi connectivity index (χ0) is 14.9. The van der Waals surface area contributed by atoms with Gasteiger partial charge in [0, 0.05) is 6.04 Å². The van der Waals surface area contributed by atoms with Gasteiger partial charge in [0.25, 0.3) is 0 Å². The second-order valence-electron chi connectivity index (χ2n) is 5.54. The SMILES string of the molecule is COc1ccccc1OCC#CCN[C@H]1CCCC[C@H]1C. The molecule has 3 heteroatoms. The molecule has 0 heterocycles. The lowest BCUT2D eigenvalue weighted by Crippen LogP contribution is -2.37. The molecular formula is C18H25NO2. The Balaban J connectivity index is 1.69. The fourth-order valence-electron chi connectivity index (χ4n) is 2.77. The lowest BCUT2D eigenvalue weighted by atomic mass is 9.86. The number of ether oxygens (including phenoxy) is 2. The molecule has 1 aromatic carbocycles. The van der Waals surface area contributed by atoms with E-state index in [0.717, 1.165) is 24.0 Å². The zero-order valence-corrected chi connectivity index (χ0v) is 13.0. The Morgan fingerprint density at radius 2 is 1.90 bits per heavy atom. The van der Waals surface area contributed by atoms with Crippen molar-refractivity contribution in [3.63, 3.8) is 0 Å². The van der Waals surface area contributed by atoms with Gasteiger partial charge < -0.3 is 14.8 Å². The van der Waals surface area contributed by atoms with Crippen molar-refractivity contribution in [3.05, 3.63) is 24.3 Å². The number of benzene rings is 1. The molecule has 0 radical (unpaired) electrons. The molecule has 0 bridgehead atoms. The van der Waals surface area contributed by atoms with Gasteiger partial charge in [-0.25, -0.2) is 0 Å². The number of hydrogen-bond acceptors (Lipinski definition) is 3. The summed E-state index contributed by atoms with van der Waals surface area (Å²) >= 11 is 0. The minimum Gasteiger partial charge on any atom is -0.493 e. The fourth-order valence-corrected chi connectivity index (χ4v) is 2.77. The van der Waals surface area contributed by atoms with Crippen molar-refractivity contribution in [1.29, 1.82) is 0 Å². The highest BCUT2D eigenvalue weighted by Crippen LogP contribution is 2.25. The van der Waals surface area contributed by atoms with Gasteiger partial charge in [0.05, 0.1) is 13.7 Å². The van der Waals surface area contributed by atoms with Crippen LogP contribution >= 0.6 is 0 Å². The van der Waals surface area contributed by atoms with Crippen molar-refractivity contribution < 1.29 is 9.47 Å². The van der Waals surface area contributed by atoms with Crippen molar-refractivity contribution in [2.75, 3.05) is 20.3 Å². The van der Waals surface area contributed by atoms with Gasteiger partial charge in [0.2, 0.25) is 0 Å². The van der Waals surface area contributed by atoms with E-state index in [-0.39, 0.29) is 0 Å². The van der Waals surface area contributed by atoms with Gasteiger partial charge in [0.1, 0.15) is 6.61 Å². The summed E-state index contributed by atoms with van der Waals surface area (Å²) in [6.07, 6.45) is 5.33. The van der Waals surface area contributed by atoms with Crippen molar-refractivity contribution in [2.45, 2.75) is 38.6 Å². The van der Waals surface area contributed by atoms with E-state index < -0.39 is 0 Å². The highest BCUT2D eigenvalue weighted by atomic mass is 16.5. The van der Waals surface area contributed by atoms with Crippen LogP contribution in [0.4, 0.5) is 0 Å². The quantitative estimate of drug-likeness (QED) is 0.843. The lowest BCUT2D eigenvalue weighted by molar-refractivity contribution is 0.289. The van der Waals surface area contributed by atoms with E-state index in [9.17, 15) is 0 Å². The highest BCUT2D eigenvalue weighted by Gasteiger charge is 2.19. The molecule has 1 aliphatic rings. The van der Waals surface area contributed by atoms with Crippen molar-refractivity contribution in [3.8, 4) is 23.3 Å². The van der Waals surface area contributed by atoms with Gasteiger partial charge in [-0.15, -0.1) is 0 Å². The second kappa shape index (κ2) is 8.59. The molecule has 0 aromatic heterocycles. The first-order valence-corrected chi connectivity index (χ1v) is 7.76. The third-order valence-corrected chi connectivity index (χ3v) is 4.06. The van der Waals surface area contributed by atoms with Crippen molar-refractivity contribution >= 4 is 0 Å². The van der Waals surface area contributed by atoms with E-state index in [1.807, 2.05) is 24.3 Å². The van der Waals surface area contributed by atoms with Crippen LogP contribution in [0.3, 0.4) is 0 Å². The number of nitrogens with one attached hydrogen (secondary N) is 1. The van der Waals surface area contributed by atoms with Crippen LogP contribution in [0.2, 0.25) is 0 Å². The Kier molecular flexibility index (Phi) is 6.43. The van der Waals surface area contributed by atoms with Crippen LogP contribution in [0.5, 0.6) is 11.5 Å². The third kappa shape index (κ3) is 4.99. The smallest absolute Gasteiger partial charge is 0.162 e. The van der Waals surface area contributed by atoms with Crippen molar-refractivity contribution in [2.24, 2.45) is 5.92 Å². The molecule has 0 spiro atoms. The first-order valence-electron chi connectivity index (χ1n) is 7.76. The van der Waals surface area contributed by atoms with Crippen LogP contribution in [-0.4, -0.2) is 26.3 Å². The van der Waals surface area contributed by atoms with E-state index in [1.165, 1.54) is 25.7 Å². The van der Waals surface area contributed by atoms with Crippen LogP contribution in [0.25, 0.3) is 0 Å². The maximum atomic E-state index is 5.61. The molecule has 1 fully saturated rings. The molecule has 1 aromatic rings. The van der Waals surface area contributed by atoms with Gasteiger partial charge in [-0.2, -0.15) is 0 Å². The summed E-state index contributed by atoms with van der Waals surface area (Å²) in [6.45, 7) is 3.46. The lowest BCUT2D eigenvalue weighted by Gasteiger charge is -2.28. The average molecular weight is 287 g/mol. The normalized spacial score (nSPS) is 21.2. The number of hydrogen-bond donors (Lipinski definition) is 1. The standard InChI is InChI=1S/C18H25NO2/c1-15-9-3-4-10-16(15)19-13-7-8-14-21-18-12-6-5-11-17(18)20-2/h5-6,11-12,15-16,19H,3-4,9-10,13-14H2,1-2H3/t15-,16+/m1/s1. The predicted octanol–water partition coefficient (Wildman–Crippen LogP) is 3.25. The Morgan fingerprint density at radius 3 is 2.67 bits per heavy atom. The summed E-state index contributed by atoms with van der Waals surface area (Å²) in [5.41, 5.74) is 0. The van der Waals surface area contributed by atoms with Gasteiger partial charge in [-0.3, -0.25) is 0 Å². The van der Waals surface area contributed by atoms with Crippen LogP contribution < -0.4 is 14.8 Å². The van der Waals surface area contributed by atoms with Gasteiger partial charge in [0.15, 0.2) is 11.5 Å². The van der Waals surface area contributed by atoms with E-state index in [4.69, 9.17) is 9.47 Å². The predicted molar refractivity (Wildman–Crippen MR) is 85.7 cm³/mol. The Bertz CT molecular complexity index is 489. The summed E-state index contributed by atoms with van der Waals surface area (Å²) in [5.74, 6) is 8.44. The maximum absolute atomic E-state index is 5.61. The monoisotopic (exact) mass is 287 g/mol. The number of para-hydroxylation sites is 2. The summed E-state index contributed by atoms with van der Waals surface area (Å²) in [5, 5.41) is 3.54. The van der Waals surface area contributed by atoms with E-state index in [0.29, 0.717) is 12.6 Å². The third-order valence-electron chi connectivity index (χ3n) is 4.06. The molecule has 2 atom stereocenters. The van der Waals surface area contributed by atoms with E-state index >= 15 is 0 Å². The van der Waals surface area contributed by atoms with Crippen LogP contribution in [-0.2, 0) is 0 Å². The minimum absolute atomic E-state index is 0.391. The van der Waals surface area contributed by atoms with Crippen molar-refractivity contribution in [1.82, 2.24) is 5.32 Å². The molecule has 1 N–H and O–H groups in total. The molecule has 0 unspecified atom stereocenters. The highest BCUT2D eigenvalue weighted by molar-refractivity contribution is 5.39. The topological polar surface area (TPSA) is 30.5 Å². The molecule has 1 aliphatic carbocycles. The van der Waals surface area contributed by atoms with E-state index in [1.54, 1.807) is 7.11 Å². The summed E-state index contributed by atoms with van der Waals surface area (Å²) in [7, 11) is 1.64. The summed E-state index contributed by atoms with van der Waals surface area (Å²) in [6, 6.07) is 8.25. The van der Waals surface area contributed by atoms with E-state index in [2.05, 4.69) is 24.1 Å². The Hall–Kier alpha value is -1.66. The molecule has 21 heavy (non-hydrogen) atoms. The Morgan fingerprint density at radius 1 is 1.14 bits per heavy atom. The first-order chi connectivity index (χ1) is 10.3. The fraction of sp³-hybridized carbons (Fsp3) is 0.556. The first kappa shape index (κ1) is 15.7. The maximum Gasteiger partial charge on any atom is 0.162 e. The van der Waals surface area contributed by atoms with Gasteiger partial charge in [-0.05, 0) is 30.9 Å².